The quantitative estimate of drug-likeness (QED) is 0.884. The molecule has 1 fully saturated rings. The maximum atomic E-state index is 10.8. The summed E-state index contributed by atoms with van der Waals surface area (Å²) in [6, 6.07) is 8.40. The second kappa shape index (κ2) is 5.85. The van der Waals surface area contributed by atoms with Crippen molar-refractivity contribution in [2.45, 2.75) is 57.7 Å². The molecule has 0 spiro atoms. The molecule has 0 aromatic heterocycles. The van der Waals surface area contributed by atoms with E-state index < -0.39 is 5.60 Å². The average Bonchev–Trinajstić information content (AvgIpc) is 2.39. The van der Waals surface area contributed by atoms with Crippen molar-refractivity contribution in [1.29, 1.82) is 0 Å². The Hall–Kier alpha value is -0.860. The third-order valence-corrected chi connectivity index (χ3v) is 3.94. The lowest BCUT2D eigenvalue weighted by molar-refractivity contribution is -0.110. The van der Waals surface area contributed by atoms with Gasteiger partial charge in [-0.05, 0) is 24.0 Å². The molecule has 0 aliphatic carbocycles. The molecule has 1 aromatic rings. The van der Waals surface area contributed by atoms with Crippen molar-refractivity contribution in [3.05, 3.63) is 35.4 Å². The smallest absolute Gasteiger partial charge is 0.0943 e. The fourth-order valence-electron chi connectivity index (χ4n) is 2.75. The van der Waals surface area contributed by atoms with Crippen LogP contribution in [-0.2, 0) is 16.8 Å². The van der Waals surface area contributed by atoms with Crippen LogP contribution >= 0.6 is 0 Å². The van der Waals surface area contributed by atoms with E-state index in [2.05, 4.69) is 38.1 Å². The van der Waals surface area contributed by atoms with Crippen LogP contribution in [0.1, 0.15) is 50.7 Å². The highest BCUT2D eigenvalue weighted by Gasteiger charge is 2.36. The van der Waals surface area contributed by atoms with Gasteiger partial charge in [0.1, 0.15) is 0 Å². The van der Waals surface area contributed by atoms with Crippen molar-refractivity contribution in [2.24, 2.45) is 0 Å². The van der Waals surface area contributed by atoms with Gasteiger partial charge in [0.2, 0.25) is 0 Å². The molecular weight excluding hydrogens is 224 g/mol. The minimum atomic E-state index is -0.690. The minimum Gasteiger partial charge on any atom is -0.385 e. The van der Waals surface area contributed by atoms with Crippen molar-refractivity contribution in [3.63, 3.8) is 0 Å². The number of aryl methyl sites for hydroxylation is 1. The summed E-state index contributed by atoms with van der Waals surface area (Å²) in [5.74, 6) is 0. The van der Waals surface area contributed by atoms with E-state index in [0.29, 0.717) is 13.0 Å². The molecule has 1 aliphatic heterocycles. The zero-order valence-electron chi connectivity index (χ0n) is 11.5. The Bertz CT molecular complexity index is 369. The van der Waals surface area contributed by atoms with E-state index in [4.69, 9.17) is 4.74 Å². The van der Waals surface area contributed by atoms with Gasteiger partial charge in [0.25, 0.3) is 0 Å². The molecule has 1 aliphatic rings. The van der Waals surface area contributed by atoms with Gasteiger partial charge >= 0.3 is 0 Å². The highest BCUT2D eigenvalue weighted by Crippen LogP contribution is 2.35. The number of hydrogen-bond acceptors (Lipinski definition) is 2. The van der Waals surface area contributed by atoms with Crippen molar-refractivity contribution in [3.8, 4) is 0 Å². The molecule has 0 amide bonds. The van der Waals surface area contributed by atoms with Crippen molar-refractivity contribution in [1.82, 2.24) is 0 Å². The highest BCUT2D eigenvalue weighted by atomic mass is 16.5. The molecule has 2 unspecified atom stereocenters. The maximum absolute atomic E-state index is 10.8. The molecule has 2 nitrogen and oxygen atoms in total. The van der Waals surface area contributed by atoms with E-state index >= 15 is 0 Å². The molecule has 18 heavy (non-hydrogen) atoms. The van der Waals surface area contributed by atoms with Gasteiger partial charge in [-0.25, -0.2) is 0 Å². The van der Waals surface area contributed by atoms with Gasteiger partial charge in [0.15, 0.2) is 0 Å². The molecule has 0 saturated carbocycles. The van der Waals surface area contributed by atoms with E-state index in [1.54, 1.807) is 0 Å². The number of ether oxygens (including phenoxy) is 1. The summed E-state index contributed by atoms with van der Waals surface area (Å²) in [5, 5.41) is 10.8. The van der Waals surface area contributed by atoms with Crippen molar-refractivity contribution >= 4 is 0 Å². The fraction of sp³-hybridized carbons (Fsp3) is 0.625. The first-order valence-electron chi connectivity index (χ1n) is 7.11. The lowest BCUT2D eigenvalue weighted by Gasteiger charge is -2.37. The Morgan fingerprint density at radius 3 is 2.61 bits per heavy atom. The van der Waals surface area contributed by atoms with Crippen LogP contribution in [0, 0.1) is 0 Å². The first kappa shape index (κ1) is 13.6. The van der Waals surface area contributed by atoms with Crippen LogP contribution in [0.5, 0.6) is 0 Å². The van der Waals surface area contributed by atoms with E-state index in [9.17, 15) is 5.11 Å². The van der Waals surface area contributed by atoms with Crippen molar-refractivity contribution < 1.29 is 9.84 Å². The number of aliphatic hydroxyl groups is 1. The molecule has 2 rings (SSSR count). The molecule has 1 aromatic carbocycles. The number of benzene rings is 1. The molecule has 1 N–H and O–H groups in total. The molecule has 1 heterocycles. The lowest BCUT2D eigenvalue weighted by Crippen LogP contribution is -2.38. The van der Waals surface area contributed by atoms with Crippen LogP contribution in [0.15, 0.2) is 24.3 Å². The Morgan fingerprint density at radius 2 is 2.00 bits per heavy atom. The third kappa shape index (κ3) is 2.93. The topological polar surface area (TPSA) is 29.5 Å². The lowest BCUT2D eigenvalue weighted by atomic mass is 9.82. The second-order valence-electron chi connectivity index (χ2n) is 5.32. The summed E-state index contributed by atoms with van der Waals surface area (Å²) in [5.41, 5.74) is 1.67. The first-order valence-corrected chi connectivity index (χ1v) is 7.11. The van der Waals surface area contributed by atoms with Gasteiger partial charge in [0.05, 0.1) is 18.3 Å². The molecule has 0 bridgehead atoms. The van der Waals surface area contributed by atoms with Crippen LogP contribution in [0.25, 0.3) is 0 Å². The Kier molecular flexibility index (Phi) is 4.41. The predicted molar refractivity (Wildman–Crippen MR) is 73.6 cm³/mol. The summed E-state index contributed by atoms with van der Waals surface area (Å²) in [7, 11) is 0. The van der Waals surface area contributed by atoms with Gasteiger partial charge in [-0.2, -0.15) is 0 Å². The average molecular weight is 248 g/mol. The third-order valence-electron chi connectivity index (χ3n) is 3.94. The standard InChI is InChI=1S/C16H24O2/c1-3-5-15-12-16(17,10-11-18-15)14-8-6-13(4-2)7-9-14/h6-9,15,17H,3-5,10-12H2,1-2H3. The normalized spacial score (nSPS) is 28.3. The molecular formula is C16H24O2. The van der Waals surface area contributed by atoms with E-state index in [-0.39, 0.29) is 6.10 Å². The van der Waals surface area contributed by atoms with Crippen LogP contribution in [0.4, 0.5) is 0 Å². The predicted octanol–water partition coefficient (Wildman–Crippen LogP) is 3.42. The van der Waals surface area contributed by atoms with Gasteiger partial charge in [-0.1, -0.05) is 44.5 Å². The number of hydrogen-bond donors (Lipinski definition) is 1. The van der Waals surface area contributed by atoms with Gasteiger partial charge in [-0.3, -0.25) is 0 Å². The molecule has 1 saturated heterocycles. The van der Waals surface area contributed by atoms with Crippen LogP contribution in [-0.4, -0.2) is 17.8 Å². The Balaban J connectivity index is 2.13. The maximum Gasteiger partial charge on any atom is 0.0943 e. The molecule has 0 radical (unpaired) electrons. The minimum absolute atomic E-state index is 0.208. The summed E-state index contributed by atoms with van der Waals surface area (Å²) in [4.78, 5) is 0. The molecule has 100 valence electrons. The van der Waals surface area contributed by atoms with E-state index in [0.717, 1.165) is 31.2 Å². The SMILES string of the molecule is CCCC1CC(O)(c2ccc(CC)cc2)CCO1. The first-order chi connectivity index (χ1) is 8.68. The number of rotatable bonds is 4. The zero-order valence-corrected chi connectivity index (χ0v) is 11.5. The largest absolute Gasteiger partial charge is 0.385 e. The summed E-state index contributed by atoms with van der Waals surface area (Å²) >= 11 is 0. The zero-order chi connectivity index (χ0) is 13.0. The van der Waals surface area contributed by atoms with E-state index in [1.807, 2.05) is 0 Å². The Labute approximate surface area is 110 Å². The van der Waals surface area contributed by atoms with Gasteiger partial charge < -0.3 is 9.84 Å². The summed E-state index contributed by atoms with van der Waals surface area (Å²) in [6.07, 6.45) is 4.83. The molecule has 2 heteroatoms. The second-order valence-corrected chi connectivity index (χ2v) is 5.32. The van der Waals surface area contributed by atoms with Crippen LogP contribution < -0.4 is 0 Å². The van der Waals surface area contributed by atoms with Crippen LogP contribution in [0.3, 0.4) is 0 Å². The highest BCUT2D eigenvalue weighted by molar-refractivity contribution is 5.27. The van der Waals surface area contributed by atoms with Gasteiger partial charge in [0, 0.05) is 12.8 Å². The molecule has 2 atom stereocenters. The van der Waals surface area contributed by atoms with Crippen molar-refractivity contribution in [2.75, 3.05) is 6.61 Å². The monoisotopic (exact) mass is 248 g/mol. The summed E-state index contributed by atoms with van der Waals surface area (Å²) < 4.78 is 5.72. The Morgan fingerprint density at radius 1 is 1.28 bits per heavy atom. The fourth-order valence-corrected chi connectivity index (χ4v) is 2.75. The van der Waals surface area contributed by atoms with E-state index in [1.165, 1.54) is 5.56 Å². The van der Waals surface area contributed by atoms with Crippen LogP contribution in [0.2, 0.25) is 0 Å². The van der Waals surface area contributed by atoms with Gasteiger partial charge in [-0.15, -0.1) is 0 Å². The summed E-state index contributed by atoms with van der Waals surface area (Å²) in [6.45, 7) is 4.97.